The second-order valence-electron chi connectivity index (χ2n) is 15.5. The van der Waals surface area contributed by atoms with Crippen LogP contribution in [-0.4, -0.2) is 46.9 Å². The number of carbonyl (C=O) groups is 2. The third-order valence-electron chi connectivity index (χ3n) is 10.1. The second kappa shape index (κ2) is 44.1. The highest BCUT2D eigenvalue weighted by atomic mass is 16.5. The molecule has 0 heterocycles. The Hall–Kier alpha value is -2.96. The molecule has 6 nitrogen and oxygen atoms in total. The normalized spacial score (nSPS) is 14.1. The maximum absolute atomic E-state index is 13.1. The molecule has 0 saturated carbocycles. The standard InChI is InChI=1S/C51H87NO5/c1-4-7-10-13-16-19-22-24-25-27-28-30-33-36-39-42-47(57-51(56)44-41-38-35-32-29-26-23-20-17-14-11-8-5-2)45-50(55)52-48(46-53)49(54)43-40-37-34-31-21-18-15-12-9-6-3/h8,11,14,16-17,19-20,23-26,28-30,47-49,53-54H,4-7,9-10,12-13,15,18,21-22,27,31-46H2,1-3H3,(H,52,55)/b11-8+,17-14+,19-16-,23-20-,25-24-,29-26-,30-28-. The lowest BCUT2D eigenvalue weighted by molar-refractivity contribution is -0.151. The van der Waals surface area contributed by atoms with Crippen molar-refractivity contribution in [2.24, 2.45) is 0 Å². The van der Waals surface area contributed by atoms with Crippen LogP contribution < -0.4 is 5.32 Å². The van der Waals surface area contributed by atoms with Gasteiger partial charge in [0.1, 0.15) is 6.10 Å². The minimum Gasteiger partial charge on any atom is -0.462 e. The van der Waals surface area contributed by atoms with Gasteiger partial charge in [-0.25, -0.2) is 0 Å². The lowest BCUT2D eigenvalue weighted by Crippen LogP contribution is -2.46. The molecule has 0 aliphatic rings. The number of ether oxygens (including phenoxy) is 1. The van der Waals surface area contributed by atoms with Crippen LogP contribution in [0.4, 0.5) is 0 Å². The second-order valence-corrected chi connectivity index (χ2v) is 15.5. The molecule has 0 aromatic carbocycles. The number of allylic oxidation sites excluding steroid dienone is 14. The summed E-state index contributed by atoms with van der Waals surface area (Å²) in [6.45, 7) is 6.26. The zero-order valence-corrected chi connectivity index (χ0v) is 36.9. The van der Waals surface area contributed by atoms with Gasteiger partial charge in [0.2, 0.25) is 5.91 Å². The summed E-state index contributed by atoms with van der Waals surface area (Å²) in [6.07, 6.45) is 56.4. The first-order valence-electron chi connectivity index (χ1n) is 23.4. The molecule has 0 fully saturated rings. The molecular weight excluding hydrogens is 707 g/mol. The van der Waals surface area contributed by atoms with Gasteiger partial charge in [-0.15, -0.1) is 0 Å². The Morgan fingerprint density at radius 2 is 1.02 bits per heavy atom. The molecule has 0 bridgehead atoms. The van der Waals surface area contributed by atoms with E-state index in [0.29, 0.717) is 19.3 Å². The van der Waals surface area contributed by atoms with Crippen LogP contribution in [0.15, 0.2) is 85.1 Å². The number of esters is 1. The van der Waals surface area contributed by atoms with Gasteiger partial charge in [-0.3, -0.25) is 9.59 Å². The highest BCUT2D eigenvalue weighted by Crippen LogP contribution is 2.16. The molecule has 0 radical (unpaired) electrons. The van der Waals surface area contributed by atoms with Crippen LogP contribution in [0.2, 0.25) is 0 Å². The van der Waals surface area contributed by atoms with Crippen LogP contribution in [0, 0.1) is 0 Å². The summed E-state index contributed by atoms with van der Waals surface area (Å²) in [6, 6.07) is -0.725. The number of unbranched alkanes of at least 4 members (excludes halogenated alkanes) is 17. The van der Waals surface area contributed by atoms with Gasteiger partial charge in [0.25, 0.3) is 0 Å². The smallest absolute Gasteiger partial charge is 0.306 e. The third-order valence-corrected chi connectivity index (χ3v) is 10.1. The molecule has 6 heteroatoms. The summed E-state index contributed by atoms with van der Waals surface area (Å²) in [5, 5.41) is 23.6. The first kappa shape index (κ1) is 54.0. The molecule has 0 spiro atoms. The average Bonchev–Trinajstić information content (AvgIpc) is 3.20. The Morgan fingerprint density at radius 1 is 0.544 bits per heavy atom. The Labute approximate surface area is 351 Å². The zero-order chi connectivity index (χ0) is 41.7. The highest BCUT2D eigenvalue weighted by molar-refractivity contribution is 5.77. The molecule has 0 aromatic heterocycles. The highest BCUT2D eigenvalue weighted by Gasteiger charge is 2.24. The van der Waals surface area contributed by atoms with Gasteiger partial charge in [-0.1, -0.05) is 189 Å². The van der Waals surface area contributed by atoms with E-state index in [1.807, 2.05) is 30.4 Å². The molecular formula is C51H87NO5. The van der Waals surface area contributed by atoms with Gasteiger partial charge < -0.3 is 20.3 Å². The van der Waals surface area contributed by atoms with Crippen molar-refractivity contribution in [3.05, 3.63) is 85.1 Å². The van der Waals surface area contributed by atoms with E-state index in [-0.39, 0.29) is 24.9 Å². The quantitative estimate of drug-likeness (QED) is 0.0248. The van der Waals surface area contributed by atoms with Gasteiger partial charge in [-0.05, 0) is 83.5 Å². The van der Waals surface area contributed by atoms with Crippen LogP contribution >= 0.6 is 0 Å². The number of amides is 1. The topological polar surface area (TPSA) is 95.9 Å². The third kappa shape index (κ3) is 39.6. The van der Waals surface area contributed by atoms with Crippen molar-refractivity contribution in [2.45, 2.75) is 219 Å². The number of aliphatic hydroxyl groups excluding tert-OH is 2. The van der Waals surface area contributed by atoms with Gasteiger partial charge >= 0.3 is 5.97 Å². The number of nitrogens with one attached hydrogen (secondary N) is 1. The Balaban J connectivity index is 4.78. The fourth-order valence-electron chi connectivity index (χ4n) is 6.50. The fourth-order valence-corrected chi connectivity index (χ4v) is 6.50. The molecule has 0 saturated heterocycles. The minimum absolute atomic E-state index is 0.0310. The summed E-state index contributed by atoms with van der Waals surface area (Å²) in [5.41, 5.74) is 0. The van der Waals surface area contributed by atoms with Crippen molar-refractivity contribution in [2.75, 3.05) is 6.61 Å². The molecule has 57 heavy (non-hydrogen) atoms. The minimum atomic E-state index is -0.807. The molecule has 3 N–H and O–H groups in total. The Morgan fingerprint density at radius 3 is 1.63 bits per heavy atom. The van der Waals surface area contributed by atoms with Crippen molar-refractivity contribution >= 4 is 11.9 Å². The zero-order valence-electron chi connectivity index (χ0n) is 36.9. The van der Waals surface area contributed by atoms with E-state index in [4.69, 9.17) is 4.74 Å². The number of aliphatic hydroxyl groups is 2. The first-order valence-corrected chi connectivity index (χ1v) is 23.4. The maximum Gasteiger partial charge on any atom is 0.306 e. The van der Waals surface area contributed by atoms with E-state index in [1.165, 1.54) is 70.6 Å². The van der Waals surface area contributed by atoms with Crippen molar-refractivity contribution in [3.8, 4) is 0 Å². The van der Waals surface area contributed by atoms with Crippen molar-refractivity contribution in [3.63, 3.8) is 0 Å². The van der Waals surface area contributed by atoms with Crippen molar-refractivity contribution in [1.82, 2.24) is 5.32 Å². The molecule has 326 valence electrons. The van der Waals surface area contributed by atoms with E-state index in [1.54, 1.807) is 0 Å². The van der Waals surface area contributed by atoms with E-state index in [2.05, 4.69) is 80.8 Å². The average molecular weight is 794 g/mol. The maximum atomic E-state index is 13.1. The molecule has 0 aliphatic heterocycles. The largest absolute Gasteiger partial charge is 0.462 e. The molecule has 0 aliphatic carbocycles. The molecule has 3 atom stereocenters. The van der Waals surface area contributed by atoms with Crippen LogP contribution in [0.3, 0.4) is 0 Å². The SMILES string of the molecule is CC/C=C/C=C/C=C\C=C/CCCCCC(=O)OC(CCCC/C=C\C/C=C\C/C=C\CCCCC)CC(=O)NC(CO)C(O)CCCCCCCCCCCC. The van der Waals surface area contributed by atoms with Gasteiger partial charge in [0, 0.05) is 6.42 Å². The fraction of sp³-hybridized carbons (Fsp3) is 0.686. The van der Waals surface area contributed by atoms with Crippen LogP contribution in [0.25, 0.3) is 0 Å². The van der Waals surface area contributed by atoms with E-state index < -0.39 is 18.2 Å². The van der Waals surface area contributed by atoms with Gasteiger partial charge in [0.05, 0.1) is 25.2 Å². The summed E-state index contributed by atoms with van der Waals surface area (Å²) >= 11 is 0. The Kier molecular flexibility index (Phi) is 41.9. The van der Waals surface area contributed by atoms with Crippen molar-refractivity contribution in [1.29, 1.82) is 0 Å². The lowest BCUT2D eigenvalue weighted by atomic mass is 10.0. The number of carbonyl (C=O) groups excluding carboxylic acids is 2. The number of rotatable bonds is 40. The molecule has 3 unspecified atom stereocenters. The summed E-state index contributed by atoms with van der Waals surface area (Å²) in [7, 11) is 0. The first-order chi connectivity index (χ1) is 28.0. The number of hydrogen-bond acceptors (Lipinski definition) is 5. The summed E-state index contributed by atoms with van der Waals surface area (Å²) in [5.74, 6) is -0.567. The monoisotopic (exact) mass is 794 g/mol. The molecule has 0 rings (SSSR count). The summed E-state index contributed by atoms with van der Waals surface area (Å²) in [4.78, 5) is 26.0. The summed E-state index contributed by atoms with van der Waals surface area (Å²) < 4.78 is 5.87. The lowest BCUT2D eigenvalue weighted by Gasteiger charge is -2.24. The van der Waals surface area contributed by atoms with E-state index in [9.17, 15) is 19.8 Å². The molecule has 1 amide bonds. The van der Waals surface area contributed by atoms with Crippen LogP contribution in [-0.2, 0) is 14.3 Å². The van der Waals surface area contributed by atoms with E-state index in [0.717, 1.165) is 83.5 Å². The number of hydrogen-bond donors (Lipinski definition) is 3. The van der Waals surface area contributed by atoms with Gasteiger partial charge in [0.15, 0.2) is 0 Å². The Bertz CT molecular complexity index is 1120. The van der Waals surface area contributed by atoms with Crippen molar-refractivity contribution < 1.29 is 24.5 Å². The predicted molar refractivity (Wildman–Crippen MR) is 245 cm³/mol. The van der Waals surface area contributed by atoms with E-state index >= 15 is 0 Å². The van der Waals surface area contributed by atoms with Crippen LogP contribution in [0.1, 0.15) is 201 Å². The van der Waals surface area contributed by atoms with Gasteiger partial charge in [-0.2, -0.15) is 0 Å². The molecule has 0 aromatic rings. The predicted octanol–water partition coefficient (Wildman–Crippen LogP) is 13.6. The van der Waals surface area contributed by atoms with Crippen LogP contribution in [0.5, 0.6) is 0 Å².